The van der Waals surface area contributed by atoms with Crippen molar-refractivity contribution < 1.29 is 9.45 Å². The zero-order chi connectivity index (χ0) is 14.8. The van der Waals surface area contributed by atoms with Gasteiger partial charge in [-0.3, -0.25) is 10.1 Å². The largest absolute Gasteiger partial charge is 0.354 e. The summed E-state index contributed by atoms with van der Waals surface area (Å²) in [5.41, 5.74) is 1.08. The number of rotatable bonds is 3. The fourth-order valence-corrected chi connectivity index (χ4v) is 2.20. The molecule has 21 heavy (non-hydrogen) atoms. The molecule has 1 heterocycles. The van der Waals surface area contributed by atoms with Gasteiger partial charge in [0.05, 0.1) is 4.92 Å². The maximum Gasteiger partial charge on any atom is 0.338 e. The number of hydrogen-bond donors (Lipinski definition) is 0. The highest BCUT2D eigenvalue weighted by atomic mass is 16.6. The van der Waals surface area contributed by atoms with Crippen LogP contribution in [0.4, 0.5) is 5.69 Å². The van der Waals surface area contributed by atoms with Crippen LogP contribution in [-0.2, 0) is 0 Å². The van der Waals surface area contributed by atoms with Crippen LogP contribution in [-0.4, -0.2) is 10.1 Å². The summed E-state index contributed by atoms with van der Waals surface area (Å²) >= 11 is 0. The van der Waals surface area contributed by atoms with E-state index in [2.05, 4.69) is 5.16 Å². The summed E-state index contributed by atoms with van der Waals surface area (Å²) in [6.45, 7) is 1.53. The lowest BCUT2D eigenvalue weighted by Crippen LogP contribution is -1.90. The van der Waals surface area contributed by atoms with Crippen molar-refractivity contribution in [1.82, 2.24) is 5.16 Å². The molecule has 0 radical (unpaired) electrons. The van der Waals surface area contributed by atoms with Gasteiger partial charge in [0.25, 0.3) is 0 Å². The predicted octanol–water partition coefficient (Wildman–Crippen LogP) is 4.21. The van der Waals surface area contributed by atoms with Crippen LogP contribution in [0, 0.1) is 17.0 Å². The molecular formula is C16H12N2O3. The number of aryl methyl sites for hydroxylation is 1. The van der Waals surface area contributed by atoms with Gasteiger partial charge in [-0.05, 0) is 28.5 Å². The van der Waals surface area contributed by atoms with Crippen molar-refractivity contribution in [3.05, 3.63) is 69.6 Å². The maximum absolute atomic E-state index is 11.0. The molecule has 2 aromatic carbocycles. The summed E-state index contributed by atoms with van der Waals surface area (Å²) in [7, 11) is 0. The highest BCUT2D eigenvalue weighted by Gasteiger charge is 2.21. The van der Waals surface area contributed by atoms with E-state index >= 15 is 0 Å². The van der Waals surface area contributed by atoms with Crippen molar-refractivity contribution in [2.75, 3.05) is 0 Å². The van der Waals surface area contributed by atoms with Gasteiger partial charge in [0.15, 0.2) is 5.69 Å². The van der Waals surface area contributed by atoms with Gasteiger partial charge in [-0.25, -0.2) is 0 Å². The summed E-state index contributed by atoms with van der Waals surface area (Å²) in [5, 5.41) is 16.9. The van der Waals surface area contributed by atoms with E-state index in [1.807, 2.05) is 42.5 Å². The normalized spacial score (nSPS) is 11.3. The van der Waals surface area contributed by atoms with Crippen LogP contribution >= 0.6 is 0 Å². The van der Waals surface area contributed by atoms with Gasteiger partial charge in [-0.2, -0.15) is 0 Å². The third-order valence-electron chi connectivity index (χ3n) is 3.25. The molecule has 0 fully saturated rings. The van der Waals surface area contributed by atoms with E-state index < -0.39 is 4.92 Å². The summed E-state index contributed by atoms with van der Waals surface area (Å²) in [6.07, 6.45) is 3.38. The standard InChI is InChI=1S/C16H12N2O3/c1-11-16(18(19)20)15(17-21-11)9-7-12-6-8-13-4-2-3-5-14(13)10-12/h2-10H,1H3/b9-7+. The number of nitro groups is 1. The highest BCUT2D eigenvalue weighted by molar-refractivity contribution is 5.86. The van der Waals surface area contributed by atoms with Crippen LogP contribution in [0.15, 0.2) is 47.0 Å². The van der Waals surface area contributed by atoms with Crippen molar-refractivity contribution >= 4 is 28.6 Å². The zero-order valence-electron chi connectivity index (χ0n) is 11.3. The van der Waals surface area contributed by atoms with Crippen LogP contribution < -0.4 is 0 Å². The topological polar surface area (TPSA) is 69.2 Å². The average molecular weight is 280 g/mol. The number of nitrogens with zero attached hydrogens (tertiary/aromatic N) is 2. The fraction of sp³-hybridized carbons (Fsp3) is 0.0625. The molecule has 0 aliphatic heterocycles. The molecule has 0 amide bonds. The lowest BCUT2D eigenvalue weighted by Gasteiger charge is -1.98. The van der Waals surface area contributed by atoms with Crippen molar-refractivity contribution in [2.45, 2.75) is 6.92 Å². The molecule has 5 nitrogen and oxygen atoms in total. The van der Waals surface area contributed by atoms with Gasteiger partial charge in [0, 0.05) is 6.92 Å². The lowest BCUT2D eigenvalue weighted by atomic mass is 10.1. The van der Waals surface area contributed by atoms with E-state index in [9.17, 15) is 10.1 Å². The minimum atomic E-state index is -0.480. The summed E-state index contributed by atoms with van der Waals surface area (Å²) in [4.78, 5) is 10.5. The first-order valence-corrected chi connectivity index (χ1v) is 6.43. The lowest BCUT2D eigenvalue weighted by molar-refractivity contribution is -0.386. The minimum absolute atomic E-state index is 0.0907. The van der Waals surface area contributed by atoms with Gasteiger partial charge < -0.3 is 4.52 Å². The highest BCUT2D eigenvalue weighted by Crippen LogP contribution is 2.24. The number of benzene rings is 2. The van der Waals surface area contributed by atoms with Gasteiger partial charge in [-0.1, -0.05) is 47.6 Å². The van der Waals surface area contributed by atoms with Gasteiger partial charge >= 0.3 is 5.69 Å². The Labute approximate surface area is 120 Å². The first-order chi connectivity index (χ1) is 10.1. The molecule has 0 bridgehead atoms. The third kappa shape index (κ3) is 2.53. The average Bonchev–Trinajstić information content (AvgIpc) is 2.86. The van der Waals surface area contributed by atoms with Crippen molar-refractivity contribution in [3.63, 3.8) is 0 Å². The van der Waals surface area contributed by atoms with E-state index in [1.54, 1.807) is 12.2 Å². The molecule has 1 aromatic heterocycles. The van der Waals surface area contributed by atoms with Gasteiger partial charge in [0.1, 0.15) is 0 Å². The maximum atomic E-state index is 11.0. The molecule has 0 atom stereocenters. The third-order valence-corrected chi connectivity index (χ3v) is 3.25. The zero-order valence-corrected chi connectivity index (χ0v) is 11.3. The van der Waals surface area contributed by atoms with E-state index in [-0.39, 0.29) is 17.1 Å². The second-order valence-electron chi connectivity index (χ2n) is 4.67. The molecule has 0 saturated heterocycles. The quantitative estimate of drug-likeness (QED) is 0.532. The SMILES string of the molecule is Cc1onc(/C=C/c2ccc3ccccc3c2)c1[N+](=O)[O-]. The number of hydrogen-bond acceptors (Lipinski definition) is 4. The Hall–Kier alpha value is -2.95. The molecule has 0 saturated carbocycles. The second kappa shape index (κ2) is 5.20. The van der Waals surface area contributed by atoms with Crippen LogP contribution in [0.5, 0.6) is 0 Å². The molecule has 0 unspecified atom stereocenters. The Morgan fingerprint density at radius 1 is 1.14 bits per heavy atom. The minimum Gasteiger partial charge on any atom is -0.354 e. The summed E-state index contributed by atoms with van der Waals surface area (Å²) in [6, 6.07) is 14.0. The van der Waals surface area contributed by atoms with Crippen molar-refractivity contribution in [2.24, 2.45) is 0 Å². The van der Waals surface area contributed by atoms with Crippen molar-refractivity contribution in [1.29, 1.82) is 0 Å². The van der Waals surface area contributed by atoms with Crippen LogP contribution in [0.1, 0.15) is 17.0 Å². The Kier molecular flexibility index (Phi) is 3.23. The molecule has 104 valence electrons. The van der Waals surface area contributed by atoms with Gasteiger partial charge in [0.2, 0.25) is 5.76 Å². The van der Waals surface area contributed by atoms with E-state index in [1.165, 1.54) is 6.92 Å². The molecular weight excluding hydrogens is 268 g/mol. The first kappa shape index (κ1) is 13.1. The Bertz CT molecular complexity index is 850. The Balaban J connectivity index is 1.96. The fourth-order valence-electron chi connectivity index (χ4n) is 2.20. The Morgan fingerprint density at radius 2 is 1.90 bits per heavy atom. The molecule has 3 rings (SSSR count). The van der Waals surface area contributed by atoms with E-state index in [0.717, 1.165) is 16.3 Å². The Morgan fingerprint density at radius 3 is 2.67 bits per heavy atom. The molecule has 3 aromatic rings. The van der Waals surface area contributed by atoms with Crippen LogP contribution in [0.2, 0.25) is 0 Å². The van der Waals surface area contributed by atoms with Gasteiger partial charge in [-0.15, -0.1) is 0 Å². The number of fused-ring (bicyclic) bond motifs is 1. The molecule has 0 N–H and O–H groups in total. The summed E-state index contributed by atoms with van der Waals surface area (Å²) < 4.78 is 4.87. The first-order valence-electron chi connectivity index (χ1n) is 6.43. The molecule has 5 heteroatoms. The molecule has 0 aliphatic rings. The number of aromatic nitrogens is 1. The summed E-state index contributed by atoms with van der Waals surface area (Å²) in [5.74, 6) is 0.207. The molecule has 0 aliphatic carbocycles. The second-order valence-corrected chi connectivity index (χ2v) is 4.67. The predicted molar refractivity (Wildman–Crippen MR) is 80.8 cm³/mol. The van der Waals surface area contributed by atoms with E-state index in [0.29, 0.717) is 0 Å². The smallest absolute Gasteiger partial charge is 0.338 e. The van der Waals surface area contributed by atoms with E-state index in [4.69, 9.17) is 4.52 Å². The molecule has 0 spiro atoms. The monoisotopic (exact) mass is 280 g/mol. The van der Waals surface area contributed by atoms with Crippen molar-refractivity contribution in [3.8, 4) is 0 Å². The van der Waals surface area contributed by atoms with Crippen LogP contribution in [0.3, 0.4) is 0 Å². The van der Waals surface area contributed by atoms with Crippen LogP contribution in [0.25, 0.3) is 22.9 Å².